The van der Waals surface area contributed by atoms with Crippen LogP contribution in [0.25, 0.3) is 0 Å². The Morgan fingerprint density at radius 1 is 0.875 bits per heavy atom. The molecular weight excluding hydrogens is 216 g/mol. The second kappa shape index (κ2) is 7.94. The summed E-state index contributed by atoms with van der Waals surface area (Å²) in [6, 6.07) is 0. The third-order valence-corrected chi connectivity index (χ3v) is 2.37. The number of rotatable bonds is 5. The van der Waals surface area contributed by atoms with Gasteiger partial charge in [-0.2, -0.15) is 0 Å². The lowest BCUT2D eigenvalue weighted by Gasteiger charge is -2.22. The van der Waals surface area contributed by atoms with Crippen LogP contribution in [-0.2, 0) is 0 Å². The lowest BCUT2D eigenvalue weighted by atomic mass is 9.95. The zero-order valence-corrected chi connectivity index (χ0v) is 10.1. The largest absolute Gasteiger partial charge is 0.396 e. The van der Waals surface area contributed by atoms with E-state index in [9.17, 15) is 0 Å². The van der Waals surface area contributed by atoms with Crippen LogP contribution in [0.3, 0.4) is 0 Å². The fraction of sp³-hybridized carbons (Fsp3) is 1.00. The predicted molar refractivity (Wildman–Crippen MR) is 58.8 cm³/mol. The molecular formula is C10H24O6. The standard InChI is InChI=1S/2C5H12O3/c1-5(2-6,3-7)4-8;1-4(7)5(2,8)3-6/h6-8H,2-4H2,1H3;4,6-8H,3H2,1-2H3. The highest BCUT2D eigenvalue weighted by atomic mass is 16.4. The summed E-state index contributed by atoms with van der Waals surface area (Å²) in [7, 11) is 0. The van der Waals surface area contributed by atoms with Gasteiger partial charge in [0.2, 0.25) is 0 Å². The Bertz CT molecular complexity index is 148. The van der Waals surface area contributed by atoms with Crippen molar-refractivity contribution in [3.8, 4) is 0 Å². The van der Waals surface area contributed by atoms with Crippen molar-refractivity contribution in [2.75, 3.05) is 26.4 Å². The molecule has 0 heterocycles. The Kier molecular flexibility index (Phi) is 9.00. The first-order valence-corrected chi connectivity index (χ1v) is 5.03. The monoisotopic (exact) mass is 240 g/mol. The maximum Gasteiger partial charge on any atom is 0.110 e. The van der Waals surface area contributed by atoms with Crippen LogP contribution in [-0.4, -0.2) is 68.8 Å². The Morgan fingerprint density at radius 2 is 1.19 bits per heavy atom. The number of hydrogen-bond donors (Lipinski definition) is 6. The van der Waals surface area contributed by atoms with Gasteiger partial charge in [-0.05, 0) is 13.8 Å². The van der Waals surface area contributed by atoms with E-state index in [0.29, 0.717) is 0 Å². The molecule has 6 heteroatoms. The van der Waals surface area contributed by atoms with Crippen LogP contribution in [0.15, 0.2) is 0 Å². The molecule has 0 fully saturated rings. The molecule has 0 aromatic heterocycles. The van der Waals surface area contributed by atoms with Gasteiger partial charge in [-0.25, -0.2) is 0 Å². The molecule has 0 saturated heterocycles. The van der Waals surface area contributed by atoms with Crippen molar-refractivity contribution < 1.29 is 30.6 Å². The summed E-state index contributed by atoms with van der Waals surface area (Å²) in [5, 5.41) is 51.3. The highest BCUT2D eigenvalue weighted by Crippen LogP contribution is 2.11. The van der Waals surface area contributed by atoms with Crippen LogP contribution in [0, 0.1) is 5.41 Å². The fourth-order valence-electron chi connectivity index (χ4n) is 0.282. The molecule has 0 radical (unpaired) electrons. The second-order valence-electron chi connectivity index (χ2n) is 4.48. The van der Waals surface area contributed by atoms with E-state index in [-0.39, 0.29) is 19.8 Å². The van der Waals surface area contributed by atoms with Gasteiger partial charge >= 0.3 is 0 Å². The molecule has 6 nitrogen and oxygen atoms in total. The van der Waals surface area contributed by atoms with E-state index in [1.165, 1.54) is 13.8 Å². The summed E-state index contributed by atoms with van der Waals surface area (Å²) < 4.78 is 0. The van der Waals surface area contributed by atoms with Crippen molar-refractivity contribution >= 4 is 0 Å². The molecule has 2 unspecified atom stereocenters. The first-order chi connectivity index (χ1) is 7.19. The molecule has 0 amide bonds. The first kappa shape index (κ1) is 18.1. The highest BCUT2D eigenvalue weighted by Gasteiger charge is 2.24. The quantitative estimate of drug-likeness (QED) is 0.333. The van der Waals surface area contributed by atoms with Crippen LogP contribution < -0.4 is 0 Å². The second-order valence-corrected chi connectivity index (χ2v) is 4.48. The molecule has 0 aliphatic heterocycles. The van der Waals surface area contributed by atoms with Gasteiger partial charge in [-0.3, -0.25) is 0 Å². The van der Waals surface area contributed by atoms with Crippen LogP contribution in [0.1, 0.15) is 20.8 Å². The predicted octanol–water partition coefficient (Wildman–Crippen LogP) is -1.92. The Morgan fingerprint density at radius 3 is 1.19 bits per heavy atom. The van der Waals surface area contributed by atoms with Gasteiger partial charge in [-0.15, -0.1) is 0 Å². The van der Waals surface area contributed by atoms with E-state index >= 15 is 0 Å². The summed E-state index contributed by atoms with van der Waals surface area (Å²) in [4.78, 5) is 0. The van der Waals surface area contributed by atoms with E-state index in [2.05, 4.69) is 0 Å². The van der Waals surface area contributed by atoms with Gasteiger partial charge < -0.3 is 30.6 Å². The van der Waals surface area contributed by atoms with Gasteiger partial charge in [0.1, 0.15) is 5.60 Å². The smallest absolute Gasteiger partial charge is 0.110 e. The summed E-state index contributed by atoms with van der Waals surface area (Å²) in [6.45, 7) is 3.45. The van der Waals surface area contributed by atoms with Crippen LogP contribution in [0.4, 0.5) is 0 Å². The molecule has 0 aromatic rings. The van der Waals surface area contributed by atoms with E-state index in [4.69, 9.17) is 30.6 Å². The van der Waals surface area contributed by atoms with E-state index < -0.39 is 23.7 Å². The van der Waals surface area contributed by atoms with Crippen molar-refractivity contribution in [1.82, 2.24) is 0 Å². The Hall–Kier alpha value is -0.240. The summed E-state index contributed by atoms with van der Waals surface area (Å²) in [5.41, 5.74) is -2.06. The van der Waals surface area contributed by atoms with Gasteiger partial charge in [0.25, 0.3) is 0 Å². The molecule has 6 N–H and O–H groups in total. The third-order valence-electron chi connectivity index (χ3n) is 2.37. The SMILES string of the molecule is CC(CO)(CO)CO.CC(O)C(C)(O)CO. The molecule has 0 aliphatic carbocycles. The molecule has 0 aromatic carbocycles. The number of aliphatic hydroxyl groups is 6. The normalized spacial score (nSPS) is 17.1. The lowest BCUT2D eigenvalue weighted by Crippen LogP contribution is -2.40. The van der Waals surface area contributed by atoms with Crippen LogP contribution >= 0.6 is 0 Å². The average molecular weight is 240 g/mol. The number of hydrogen-bond acceptors (Lipinski definition) is 6. The Balaban J connectivity index is 0. The van der Waals surface area contributed by atoms with Crippen LogP contribution in [0.2, 0.25) is 0 Å². The average Bonchev–Trinajstić information content (AvgIpc) is 2.28. The minimum absolute atomic E-state index is 0.181. The van der Waals surface area contributed by atoms with E-state index in [1.54, 1.807) is 6.92 Å². The van der Waals surface area contributed by atoms with Crippen molar-refractivity contribution in [3.63, 3.8) is 0 Å². The molecule has 0 saturated carbocycles. The summed E-state index contributed by atoms with van der Waals surface area (Å²) in [5.74, 6) is 0. The molecule has 0 rings (SSSR count). The topological polar surface area (TPSA) is 121 Å². The van der Waals surface area contributed by atoms with E-state index in [0.717, 1.165) is 0 Å². The molecule has 100 valence electrons. The van der Waals surface area contributed by atoms with Gasteiger partial charge in [0.15, 0.2) is 0 Å². The van der Waals surface area contributed by atoms with Crippen molar-refractivity contribution in [1.29, 1.82) is 0 Å². The zero-order chi connectivity index (χ0) is 13.4. The molecule has 16 heavy (non-hydrogen) atoms. The van der Waals surface area contributed by atoms with Crippen LogP contribution in [0.5, 0.6) is 0 Å². The zero-order valence-electron chi connectivity index (χ0n) is 10.1. The fourth-order valence-corrected chi connectivity index (χ4v) is 0.282. The molecule has 2 atom stereocenters. The molecule has 0 spiro atoms. The minimum Gasteiger partial charge on any atom is -0.396 e. The molecule has 0 bridgehead atoms. The van der Waals surface area contributed by atoms with Gasteiger partial charge in [0, 0.05) is 5.41 Å². The maximum atomic E-state index is 8.90. The Labute approximate surface area is 95.8 Å². The van der Waals surface area contributed by atoms with Crippen molar-refractivity contribution in [3.05, 3.63) is 0 Å². The number of aliphatic hydroxyl groups excluding tert-OH is 5. The first-order valence-electron chi connectivity index (χ1n) is 5.03. The maximum absolute atomic E-state index is 8.90. The van der Waals surface area contributed by atoms with Crippen molar-refractivity contribution in [2.45, 2.75) is 32.5 Å². The summed E-state index contributed by atoms with van der Waals surface area (Å²) in [6.07, 6.45) is -0.882. The lowest BCUT2D eigenvalue weighted by molar-refractivity contribution is -0.0839. The summed E-state index contributed by atoms with van der Waals surface area (Å²) >= 11 is 0. The minimum atomic E-state index is -1.35. The highest BCUT2D eigenvalue weighted by molar-refractivity contribution is 4.76. The molecule has 0 aliphatic rings. The van der Waals surface area contributed by atoms with Gasteiger partial charge in [-0.1, -0.05) is 6.92 Å². The third kappa shape index (κ3) is 7.10. The van der Waals surface area contributed by atoms with E-state index in [1.807, 2.05) is 0 Å². The van der Waals surface area contributed by atoms with Gasteiger partial charge in [0.05, 0.1) is 32.5 Å². The van der Waals surface area contributed by atoms with Crippen molar-refractivity contribution in [2.24, 2.45) is 5.41 Å².